The minimum absolute atomic E-state index is 0.164. The van der Waals surface area contributed by atoms with Crippen LogP contribution in [-0.2, 0) is 14.3 Å². The Morgan fingerprint density at radius 3 is 2.37 bits per heavy atom. The number of anilines is 1. The molecule has 142 valence electrons. The smallest absolute Gasteiger partial charge is 0.338 e. The van der Waals surface area contributed by atoms with E-state index >= 15 is 0 Å². The van der Waals surface area contributed by atoms with Crippen LogP contribution in [0, 0.1) is 0 Å². The molecule has 27 heavy (non-hydrogen) atoms. The zero-order valence-electron chi connectivity index (χ0n) is 14.6. The average molecular weight is 373 g/mol. The van der Waals surface area contributed by atoms with E-state index in [4.69, 9.17) is 9.15 Å². The highest BCUT2D eigenvalue weighted by Gasteiger charge is 2.12. The largest absolute Gasteiger partial charge is 0.459 e. The number of benzene rings is 1. The SMILES string of the molecule is CCNC(=O)CNC(=O)COC(=O)c1ccc(NC(=O)c2ccco2)cc1. The molecule has 0 aliphatic rings. The number of carbonyl (C=O) groups excluding carboxylic acids is 4. The first-order valence-corrected chi connectivity index (χ1v) is 8.15. The first kappa shape index (κ1) is 19.7. The van der Waals surface area contributed by atoms with Crippen LogP contribution < -0.4 is 16.0 Å². The Morgan fingerprint density at radius 1 is 1.00 bits per heavy atom. The molecule has 1 aromatic heterocycles. The second-order valence-corrected chi connectivity index (χ2v) is 5.32. The van der Waals surface area contributed by atoms with E-state index in [0.29, 0.717) is 12.2 Å². The molecule has 2 rings (SSSR count). The molecule has 0 bridgehead atoms. The minimum atomic E-state index is -0.702. The molecule has 0 spiro atoms. The van der Waals surface area contributed by atoms with Crippen molar-refractivity contribution in [2.24, 2.45) is 0 Å². The molecule has 0 fully saturated rings. The maximum Gasteiger partial charge on any atom is 0.338 e. The summed E-state index contributed by atoms with van der Waals surface area (Å²) in [5, 5.41) is 7.47. The second kappa shape index (κ2) is 9.76. The van der Waals surface area contributed by atoms with Crippen molar-refractivity contribution >= 4 is 29.4 Å². The van der Waals surface area contributed by atoms with Gasteiger partial charge in [0.15, 0.2) is 12.4 Å². The van der Waals surface area contributed by atoms with Crippen molar-refractivity contribution < 1.29 is 28.3 Å². The summed E-state index contributed by atoms with van der Waals surface area (Å²) in [5.41, 5.74) is 0.676. The van der Waals surface area contributed by atoms with Gasteiger partial charge in [0.2, 0.25) is 5.91 Å². The van der Waals surface area contributed by atoms with Gasteiger partial charge in [0.1, 0.15) is 0 Å². The number of rotatable bonds is 8. The number of hydrogen-bond donors (Lipinski definition) is 3. The van der Waals surface area contributed by atoms with Gasteiger partial charge >= 0.3 is 5.97 Å². The third-order valence-electron chi connectivity index (χ3n) is 3.28. The number of amides is 3. The van der Waals surface area contributed by atoms with Crippen LogP contribution in [0.5, 0.6) is 0 Å². The lowest BCUT2D eigenvalue weighted by molar-refractivity contribution is -0.127. The molecule has 3 amide bonds. The van der Waals surface area contributed by atoms with Crippen molar-refractivity contribution in [2.75, 3.05) is 25.0 Å². The summed E-state index contributed by atoms with van der Waals surface area (Å²) >= 11 is 0. The van der Waals surface area contributed by atoms with E-state index in [1.165, 1.54) is 36.6 Å². The molecule has 3 N–H and O–H groups in total. The predicted octanol–water partition coefficient (Wildman–Crippen LogP) is 0.941. The van der Waals surface area contributed by atoms with Crippen LogP contribution >= 0.6 is 0 Å². The number of nitrogens with one attached hydrogen (secondary N) is 3. The second-order valence-electron chi connectivity index (χ2n) is 5.32. The van der Waals surface area contributed by atoms with Gasteiger partial charge in [-0.05, 0) is 43.3 Å². The molecule has 0 radical (unpaired) electrons. The molecule has 0 unspecified atom stereocenters. The van der Waals surface area contributed by atoms with Crippen molar-refractivity contribution in [3.8, 4) is 0 Å². The van der Waals surface area contributed by atoms with Gasteiger partial charge in [-0.1, -0.05) is 0 Å². The Bertz CT molecular complexity index is 799. The Morgan fingerprint density at radius 2 is 1.74 bits per heavy atom. The summed E-state index contributed by atoms with van der Waals surface area (Å²) in [6.07, 6.45) is 1.39. The quantitative estimate of drug-likeness (QED) is 0.591. The Hall–Kier alpha value is -3.62. The molecular formula is C18H19N3O6. The third-order valence-corrected chi connectivity index (χ3v) is 3.28. The zero-order chi connectivity index (χ0) is 19.6. The molecule has 0 saturated heterocycles. The molecule has 2 aromatic rings. The van der Waals surface area contributed by atoms with Crippen LogP contribution in [0.25, 0.3) is 0 Å². The normalized spacial score (nSPS) is 9.96. The van der Waals surface area contributed by atoms with E-state index in [2.05, 4.69) is 16.0 Å². The van der Waals surface area contributed by atoms with Crippen LogP contribution in [0.4, 0.5) is 5.69 Å². The van der Waals surface area contributed by atoms with E-state index in [0.717, 1.165) is 0 Å². The maximum absolute atomic E-state index is 11.9. The summed E-state index contributed by atoms with van der Waals surface area (Å²) in [7, 11) is 0. The van der Waals surface area contributed by atoms with E-state index in [1.807, 2.05) is 0 Å². The first-order valence-electron chi connectivity index (χ1n) is 8.15. The fraction of sp³-hybridized carbons (Fsp3) is 0.222. The van der Waals surface area contributed by atoms with Crippen molar-refractivity contribution in [3.05, 3.63) is 54.0 Å². The molecule has 9 nitrogen and oxygen atoms in total. The summed E-state index contributed by atoms with van der Waals surface area (Å²) in [5.74, 6) is -1.87. The van der Waals surface area contributed by atoms with Crippen molar-refractivity contribution in [3.63, 3.8) is 0 Å². The number of esters is 1. The van der Waals surface area contributed by atoms with Gasteiger partial charge in [-0.15, -0.1) is 0 Å². The molecule has 1 aromatic carbocycles. The van der Waals surface area contributed by atoms with Gasteiger partial charge in [0, 0.05) is 12.2 Å². The maximum atomic E-state index is 11.9. The lowest BCUT2D eigenvalue weighted by Crippen LogP contribution is -2.38. The highest BCUT2D eigenvalue weighted by Crippen LogP contribution is 2.12. The van der Waals surface area contributed by atoms with Crippen LogP contribution in [0.1, 0.15) is 27.8 Å². The van der Waals surface area contributed by atoms with Gasteiger partial charge in [0.25, 0.3) is 11.8 Å². The average Bonchev–Trinajstić information content (AvgIpc) is 3.20. The topological polar surface area (TPSA) is 127 Å². The Balaban J connectivity index is 1.78. The van der Waals surface area contributed by atoms with Gasteiger partial charge in [-0.2, -0.15) is 0 Å². The fourth-order valence-electron chi connectivity index (χ4n) is 1.99. The first-order chi connectivity index (χ1) is 13.0. The van der Waals surface area contributed by atoms with Crippen molar-refractivity contribution in [2.45, 2.75) is 6.92 Å². The van der Waals surface area contributed by atoms with Gasteiger partial charge in [-0.25, -0.2) is 4.79 Å². The Kier molecular flexibility index (Phi) is 7.12. The lowest BCUT2D eigenvalue weighted by Gasteiger charge is -2.07. The highest BCUT2D eigenvalue weighted by atomic mass is 16.5. The summed E-state index contributed by atoms with van der Waals surface area (Å²) in [4.78, 5) is 46.6. The van der Waals surface area contributed by atoms with Crippen molar-refractivity contribution in [1.29, 1.82) is 0 Å². The number of hydrogen-bond acceptors (Lipinski definition) is 6. The van der Waals surface area contributed by atoms with Gasteiger partial charge in [0.05, 0.1) is 18.4 Å². The standard InChI is InChI=1S/C18H19N3O6/c1-2-19-15(22)10-20-16(23)11-27-18(25)12-5-7-13(8-6-12)21-17(24)14-4-3-9-26-14/h3-9H,2,10-11H2,1H3,(H,19,22)(H,20,23)(H,21,24). The zero-order valence-corrected chi connectivity index (χ0v) is 14.6. The molecule has 0 aliphatic carbocycles. The number of ether oxygens (including phenoxy) is 1. The summed E-state index contributed by atoms with van der Waals surface area (Å²) < 4.78 is 9.86. The van der Waals surface area contributed by atoms with E-state index in [-0.39, 0.29) is 23.8 Å². The van der Waals surface area contributed by atoms with Crippen LogP contribution in [0.2, 0.25) is 0 Å². The van der Waals surface area contributed by atoms with Crippen molar-refractivity contribution in [1.82, 2.24) is 10.6 Å². The number of likely N-dealkylation sites (N-methyl/N-ethyl adjacent to an activating group) is 1. The van der Waals surface area contributed by atoms with Gasteiger partial charge < -0.3 is 25.1 Å². The van der Waals surface area contributed by atoms with Crippen LogP contribution in [0.3, 0.4) is 0 Å². The molecule has 1 heterocycles. The van der Waals surface area contributed by atoms with E-state index in [1.54, 1.807) is 13.0 Å². The van der Waals surface area contributed by atoms with Gasteiger partial charge in [-0.3, -0.25) is 14.4 Å². The lowest BCUT2D eigenvalue weighted by atomic mass is 10.2. The molecule has 0 aliphatic heterocycles. The molecule has 9 heteroatoms. The fourth-order valence-corrected chi connectivity index (χ4v) is 1.99. The van der Waals surface area contributed by atoms with Crippen LogP contribution in [-0.4, -0.2) is 43.4 Å². The minimum Gasteiger partial charge on any atom is -0.459 e. The molecular weight excluding hydrogens is 354 g/mol. The Labute approximate surface area is 155 Å². The number of carbonyl (C=O) groups is 4. The highest BCUT2D eigenvalue weighted by molar-refractivity contribution is 6.02. The predicted molar refractivity (Wildman–Crippen MR) is 95.1 cm³/mol. The number of furan rings is 1. The van der Waals surface area contributed by atoms with E-state index < -0.39 is 24.4 Å². The molecule has 0 saturated carbocycles. The molecule has 0 atom stereocenters. The third kappa shape index (κ3) is 6.31. The van der Waals surface area contributed by atoms with E-state index in [9.17, 15) is 19.2 Å². The summed E-state index contributed by atoms with van der Waals surface area (Å²) in [6, 6.07) is 9.07. The van der Waals surface area contributed by atoms with Crippen LogP contribution in [0.15, 0.2) is 47.1 Å². The monoisotopic (exact) mass is 373 g/mol. The summed E-state index contributed by atoms with van der Waals surface area (Å²) in [6.45, 7) is 1.53.